The lowest BCUT2D eigenvalue weighted by Crippen LogP contribution is -2.41. The van der Waals surface area contributed by atoms with Gasteiger partial charge in [0.2, 0.25) is 5.91 Å². The fourth-order valence-corrected chi connectivity index (χ4v) is 2.63. The number of imidazole rings is 1. The Morgan fingerprint density at radius 1 is 1.41 bits per heavy atom. The minimum absolute atomic E-state index is 0.0217. The number of carbonyl (C=O) groups excluding carboxylic acids is 1. The first-order valence-electron chi connectivity index (χ1n) is 7.72. The number of hydrogen-bond acceptors (Lipinski definition) is 4. The van der Waals surface area contributed by atoms with Gasteiger partial charge in [0.05, 0.1) is 25.3 Å². The summed E-state index contributed by atoms with van der Waals surface area (Å²) in [6.07, 6.45) is 4.21. The Morgan fingerprint density at radius 2 is 2.23 bits per heavy atom. The van der Waals surface area contributed by atoms with Crippen molar-refractivity contribution < 1.29 is 9.53 Å². The highest BCUT2D eigenvalue weighted by atomic mass is 16.5. The van der Waals surface area contributed by atoms with Gasteiger partial charge in [-0.3, -0.25) is 9.69 Å². The summed E-state index contributed by atoms with van der Waals surface area (Å²) in [4.78, 5) is 18.8. The molecule has 118 valence electrons. The summed E-state index contributed by atoms with van der Waals surface area (Å²) in [5.74, 6) is 0.0217. The van der Waals surface area contributed by atoms with E-state index in [4.69, 9.17) is 4.74 Å². The lowest BCUT2D eigenvalue weighted by Gasteiger charge is -2.26. The molecule has 0 saturated carbocycles. The first-order chi connectivity index (χ1) is 10.7. The van der Waals surface area contributed by atoms with Crippen LogP contribution in [0.3, 0.4) is 0 Å². The fraction of sp³-hybridized carbons (Fsp3) is 0.500. The van der Waals surface area contributed by atoms with Crippen molar-refractivity contribution in [2.45, 2.75) is 13.3 Å². The van der Waals surface area contributed by atoms with Crippen LogP contribution in [0.4, 0.5) is 0 Å². The van der Waals surface area contributed by atoms with Crippen molar-refractivity contribution in [1.82, 2.24) is 19.6 Å². The number of hydrogen-bond donors (Lipinski definition) is 1. The Balaban J connectivity index is 1.47. The van der Waals surface area contributed by atoms with Crippen LogP contribution in [0, 0.1) is 6.92 Å². The summed E-state index contributed by atoms with van der Waals surface area (Å²) in [5, 5.41) is 2.96. The van der Waals surface area contributed by atoms with E-state index in [9.17, 15) is 4.79 Å². The van der Waals surface area contributed by atoms with Crippen LogP contribution in [-0.4, -0.2) is 59.6 Å². The van der Waals surface area contributed by atoms with E-state index in [1.54, 1.807) is 0 Å². The number of aryl methyl sites for hydroxylation is 1. The van der Waals surface area contributed by atoms with E-state index >= 15 is 0 Å². The number of morpholine rings is 1. The summed E-state index contributed by atoms with van der Waals surface area (Å²) < 4.78 is 7.25. The maximum atomic E-state index is 12.0. The molecule has 1 aliphatic rings. The third kappa shape index (κ3) is 3.84. The van der Waals surface area contributed by atoms with Crippen LogP contribution in [-0.2, 0) is 16.0 Å². The highest BCUT2D eigenvalue weighted by Gasteiger charge is 2.11. The maximum absolute atomic E-state index is 12.0. The topological polar surface area (TPSA) is 58.9 Å². The zero-order chi connectivity index (χ0) is 15.4. The molecule has 6 heteroatoms. The molecule has 0 unspecified atom stereocenters. The van der Waals surface area contributed by atoms with Gasteiger partial charge in [-0.2, -0.15) is 0 Å². The standard InChI is InChI=1S/C16H22N4O2/c1-13-2-4-20-12-14(18-15(20)10-13)11-16(21)17-3-5-19-6-8-22-9-7-19/h2,4,10,12H,3,5-9,11H2,1H3,(H,17,21). The van der Waals surface area contributed by atoms with Gasteiger partial charge in [0.1, 0.15) is 5.65 Å². The predicted octanol–water partition coefficient (Wildman–Crippen LogP) is 0.634. The molecule has 1 saturated heterocycles. The van der Waals surface area contributed by atoms with Crippen molar-refractivity contribution in [1.29, 1.82) is 0 Å². The molecule has 3 rings (SSSR count). The largest absolute Gasteiger partial charge is 0.379 e. The van der Waals surface area contributed by atoms with Crippen molar-refractivity contribution in [2.75, 3.05) is 39.4 Å². The highest BCUT2D eigenvalue weighted by molar-refractivity contribution is 5.78. The second-order valence-corrected chi connectivity index (χ2v) is 5.68. The number of nitrogens with one attached hydrogen (secondary N) is 1. The van der Waals surface area contributed by atoms with Gasteiger partial charge >= 0.3 is 0 Å². The van der Waals surface area contributed by atoms with Crippen molar-refractivity contribution in [3.8, 4) is 0 Å². The van der Waals surface area contributed by atoms with Gasteiger partial charge in [-0.25, -0.2) is 4.98 Å². The van der Waals surface area contributed by atoms with Gasteiger partial charge < -0.3 is 14.5 Å². The van der Waals surface area contributed by atoms with Gasteiger partial charge in [0, 0.05) is 38.6 Å². The predicted molar refractivity (Wildman–Crippen MR) is 83.9 cm³/mol. The second kappa shape index (κ2) is 6.89. The molecule has 0 aliphatic carbocycles. The Kier molecular flexibility index (Phi) is 4.70. The van der Waals surface area contributed by atoms with E-state index in [1.807, 2.05) is 35.9 Å². The Bertz CT molecular complexity index is 647. The molecular formula is C16H22N4O2. The van der Waals surface area contributed by atoms with Crippen molar-refractivity contribution in [3.63, 3.8) is 0 Å². The van der Waals surface area contributed by atoms with E-state index in [2.05, 4.69) is 15.2 Å². The number of fused-ring (bicyclic) bond motifs is 1. The van der Waals surface area contributed by atoms with Crippen LogP contribution < -0.4 is 5.32 Å². The summed E-state index contributed by atoms with van der Waals surface area (Å²) in [6, 6.07) is 4.04. The third-order valence-electron chi connectivity index (χ3n) is 3.86. The summed E-state index contributed by atoms with van der Waals surface area (Å²) >= 11 is 0. The van der Waals surface area contributed by atoms with E-state index in [0.29, 0.717) is 13.0 Å². The van der Waals surface area contributed by atoms with Crippen LogP contribution in [0.1, 0.15) is 11.3 Å². The molecule has 2 aromatic rings. The maximum Gasteiger partial charge on any atom is 0.226 e. The molecule has 0 aromatic carbocycles. The van der Waals surface area contributed by atoms with Crippen LogP contribution >= 0.6 is 0 Å². The van der Waals surface area contributed by atoms with Gasteiger partial charge in [-0.05, 0) is 24.6 Å². The zero-order valence-electron chi connectivity index (χ0n) is 12.9. The molecule has 0 radical (unpaired) electrons. The van der Waals surface area contributed by atoms with Gasteiger partial charge in [0.25, 0.3) is 0 Å². The van der Waals surface area contributed by atoms with Gasteiger partial charge in [-0.1, -0.05) is 0 Å². The first-order valence-corrected chi connectivity index (χ1v) is 7.72. The number of rotatable bonds is 5. The summed E-state index contributed by atoms with van der Waals surface area (Å²) in [6.45, 7) is 7.05. The van der Waals surface area contributed by atoms with E-state index in [1.165, 1.54) is 5.56 Å². The van der Waals surface area contributed by atoms with Crippen molar-refractivity contribution >= 4 is 11.6 Å². The number of amides is 1. The van der Waals surface area contributed by atoms with E-state index < -0.39 is 0 Å². The minimum Gasteiger partial charge on any atom is -0.379 e. The molecule has 22 heavy (non-hydrogen) atoms. The zero-order valence-corrected chi connectivity index (χ0v) is 12.9. The molecular weight excluding hydrogens is 280 g/mol. The Morgan fingerprint density at radius 3 is 3.05 bits per heavy atom. The highest BCUT2D eigenvalue weighted by Crippen LogP contribution is 2.08. The van der Waals surface area contributed by atoms with Crippen LogP contribution in [0.2, 0.25) is 0 Å². The Labute approximate surface area is 130 Å². The lowest BCUT2D eigenvalue weighted by molar-refractivity contribution is -0.120. The molecule has 0 bridgehead atoms. The molecule has 2 aromatic heterocycles. The molecule has 3 heterocycles. The van der Waals surface area contributed by atoms with Crippen molar-refractivity contribution in [2.24, 2.45) is 0 Å². The van der Waals surface area contributed by atoms with E-state index in [0.717, 1.165) is 44.2 Å². The number of carbonyl (C=O) groups is 1. The summed E-state index contributed by atoms with van der Waals surface area (Å²) in [5.41, 5.74) is 2.85. The van der Waals surface area contributed by atoms with Crippen LogP contribution in [0.5, 0.6) is 0 Å². The average Bonchev–Trinajstić information content (AvgIpc) is 2.89. The number of pyridine rings is 1. The number of nitrogens with zero attached hydrogens (tertiary/aromatic N) is 3. The van der Waals surface area contributed by atoms with Gasteiger partial charge in [0.15, 0.2) is 0 Å². The smallest absolute Gasteiger partial charge is 0.226 e. The molecule has 1 fully saturated rings. The molecule has 0 atom stereocenters. The molecule has 6 nitrogen and oxygen atoms in total. The normalized spacial score (nSPS) is 16.0. The monoisotopic (exact) mass is 302 g/mol. The molecule has 1 amide bonds. The van der Waals surface area contributed by atoms with E-state index in [-0.39, 0.29) is 5.91 Å². The Hall–Kier alpha value is -1.92. The van der Waals surface area contributed by atoms with Crippen LogP contribution in [0.25, 0.3) is 5.65 Å². The molecule has 0 spiro atoms. The second-order valence-electron chi connectivity index (χ2n) is 5.68. The fourth-order valence-electron chi connectivity index (χ4n) is 2.63. The molecule has 1 aliphatic heterocycles. The minimum atomic E-state index is 0.0217. The third-order valence-corrected chi connectivity index (χ3v) is 3.86. The average molecular weight is 302 g/mol. The van der Waals surface area contributed by atoms with Crippen LogP contribution in [0.15, 0.2) is 24.5 Å². The first kappa shape index (κ1) is 15.0. The van der Waals surface area contributed by atoms with Gasteiger partial charge in [-0.15, -0.1) is 0 Å². The summed E-state index contributed by atoms with van der Waals surface area (Å²) in [7, 11) is 0. The molecule has 1 N–H and O–H groups in total. The lowest BCUT2D eigenvalue weighted by atomic mass is 10.3. The SMILES string of the molecule is Cc1ccn2cc(CC(=O)NCCN3CCOCC3)nc2c1. The quantitative estimate of drug-likeness (QED) is 0.880. The number of ether oxygens (including phenoxy) is 1. The van der Waals surface area contributed by atoms with Crippen molar-refractivity contribution in [3.05, 3.63) is 35.8 Å². The number of aromatic nitrogens is 2.